The van der Waals surface area contributed by atoms with Crippen LogP contribution in [0.5, 0.6) is 5.75 Å². The molecule has 2 aromatic rings. The van der Waals surface area contributed by atoms with Gasteiger partial charge in [0, 0.05) is 37.6 Å². The highest BCUT2D eigenvalue weighted by Gasteiger charge is 2.21. The molecule has 0 atom stereocenters. The van der Waals surface area contributed by atoms with Gasteiger partial charge in [-0.1, -0.05) is 11.8 Å². The van der Waals surface area contributed by atoms with E-state index in [1.807, 2.05) is 36.9 Å². The number of carbonyl (C=O) groups is 1. The van der Waals surface area contributed by atoms with Crippen LogP contribution in [-0.4, -0.2) is 59.8 Å². The average molecular weight is 372 g/mol. The first kappa shape index (κ1) is 18.5. The number of hydrogen-bond acceptors (Lipinski definition) is 6. The lowest BCUT2D eigenvalue weighted by Crippen LogP contribution is -2.49. The van der Waals surface area contributed by atoms with Gasteiger partial charge in [0.05, 0.1) is 12.9 Å². The largest absolute Gasteiger partial charge is 0.497 e. The number of thioether (sulfide) groups is 1. The molecule has 0 spiro atoms. The van der Waals surface area contributed by atoms with Crippen molar-refractivity contribution in [3.8, 4) is 5.75 Å². The number of nitrogens with zero attached hydrogens (tertiary/aromatic N) is 4. The molecule has 0 unspecified atom stereocenters. The van der Waals surface area contributed by atoms with Crippen LogP contribution < -0.4 is 9.64 Å². The summed E-state index contributed by atoms with van der Waals surface area (Å²) in [5.74, 6) is 2.18. The summed E-state index contributed by atoms with van der Waals surface area (Å²) in [4.78, 5) is 25.4. The quantitative estimate of drug-likeness (QED) is 0.594. The lowest BCUT2D eigenvalue weighted by atomic mass is 10.2. The molecule has 1 aliphatic rings. The molecular formula is C19H24N4O2S. The molecule has 1 aliphatic heterocycles. The maximum atomic E-state index is 12.5. The summed E-state index contributed by atoms with van der Waals surface area (Å²) in [7, 11) is 1.67. The summed E-state index contributed by atoms with van der Waals surface area (Å²) < 4.78 is 5.20. The fourth-order valence-corrected chi connectivity index (χ4v) is 3.90. The summed E-state index contributed by atoms with van der Waals surface area (Å²) in [6.45, 7) is 6.99. The zero-order valence-electron chi connectivity index (χ0n) is 15.4. The fraction of sp³-hybridized carbons (Fsp3) is 0.421. The Balaban J connectivity index is 1.49. The Morgan fingerprint density at radius 2 is 1.81 bits per heavy atom. The third-order valence-corrected chi connectivity index (χ3v) is 5.25. The van der Waals surface area contributed by atoms with Crippen LogP contribution in [0.25, 0.3) is 0 Å². The zero-order valence-corrected chi connectivity index (χ0v) is 16.3. The van der Waals surface area contributed by atoms with Gasteiger partial charge < -0.3 is 14.5 Å². The van der Waals surface area contributed by atoms with E-state index in [9.17, 15) is 4.79 Å². The minimum atomic E-state index is 0.165. The Morgan fingerprint density at radius 1 is 1.12 bits per heavy atom. The number of carbonyl (C=O) groups excluding carboxylic acids is 1. The third kappa shape index (κ3) is 4.66. The van der Waals surface area contributed by atoms with Crippen molar-refractivity contribution in [3.63, 3.8) is 0 Å². The fourth-order valence-electron chi connectivity index (χ4n) is 2.99. The molecule has 0 bridgehead atoms. The van der Waals surface area contributed by atoms with Gasteiger partial charge in [0.1, 0.15) is 16.6 Å². The standard InChI is InChI=1S/C19H24N4O2S/c1-14-12-18(21-15(2)20-14)26-13-19(24)23-10-8-22(9-11-23)16-4-6-17(25-3)7-5-16/h4-7,12H,8-11,13H2,1-3H3. The molecule has 1 aromatic carbocycles. The van der Waals surface area contributed by atoms with E-state index in [0.29, 0.717) is 5.75 Å². The Kier molecular flexibility index (Phi) is 5.98. The van der Waals surface area contributed by atoms with Gasteiger partial charge in [-0.15, -0.1) is 0 Å². The SMILES string of the molecule is COc1ccc(N2CCN(C(=O)CSc3cc(C)nc(C)n3)CC2)cc1. The second-order valence-corrected chi connectivity index (χ2v) is 7.24. The van der Waals surface area contributed by atoms with Gasteiger partial charge in [-0.25, -0.2) is 9.97 Å². The van der Waals surface area contributed by atoms with E-state index >= 15 is 0 Å². The van der Waals surface area contributed by atoms with Crippen LogP contribution in [0.3, 0.4) is 0 Å². The molecule has 1 fully saturated rings. The van der Waals surface area contributed by atoms with E-state index in [1.165, 1.54) is 17.4 Å². The van der Waals surface area contributed by atoms with E-state index in [4.69, 9.17) is 4.74 Å². The van der Waals surface area contributed by atoms with E-state index in [2.05, 4.69) is 27.0 Å². The first-order chi connectivity index (χ1) is 12.5. The van der Waals surface area contributed by atoms with Crippen molar-refractivity contribution in [2.45, 2.75) is 18.9 Å². The van der Waals surface area contributed by atoms with Crippen molar-refractivity contribution in [2.75, 3.05) is 43.9 Å². The van der Waals surface area contributed by atoms with Gasteiger partial charge in [0.15, 0.2) is 0 Å². The highest BCUT2D eigenvalue weighted by atomic mass is 32.2. The number of ether oxygens (including phenoxy) is 1. The second kappa shape index (κ2) is 8.40. The number of piperazine rings is 1. The van der Waals surface area contributed by atoms with Crippen LogP contribution in [0.1, 0.15) is 11.5 Å². The molecule has 0 aliphatic carbocycles. The second-order valence-electron chi connectivity index (χ2n) is 6.25. The molecule has 6 nitrogen and oxygen atoms in total. The van der Waals surface area contributed by atoms with Gasteiger partial charge in [-0.2, -0.15) is 0 Å². The van der Waals surface area contributed by atoms with Crippen LogP contribution in [0.2, 0.25) is 0 Å². The molecule has 0 N–H and O–H groups in total. The number of amides is 1. The maximum absolute atomic E-state index is 12.5. The van der Waals surface area contributed by atoms with E-state index < -0.39 is 0 Å². The maximum Gasteiger partial charge on any atom is 0.233 e. The summed E-state index contributed by atoms with van der Waals surface area (Å²) in [5.41, 5.74) is 2.10. The first-order valence-electron chi connectivity index (χ1n) is 8.67. The number of methoxy groups -OCH3 is 1. The number of benzene rings is 1. The lowest BCUT2D eigenvalue weighted by Gasteiger charge is -2.36. The Labute approximate surface area is 158 Å². The lowest BCUT2D eigenvalue weighted by molar-refractivity contribution is -0.128. The van der Waals surface area contributed by atoms with Crippen molar-refractivity contribution in [2.24, 2.45) is 0 Å². The van der Waals surface area contributed by atoms with Gasteiger partial charge in [-0.3, -0.25) is 4.79 Å². The van der Waals surface area contributed by atoms with Crippen molar-refractivity contribution in [1.29, 1.82) is 0 Å². The number of aromatic nitrogens is 2. The van der Waals surface area contributed by atoms with Gasteiger partial charge in [0.25, 0.3) is 0 Å². The average Bonchev–Trinajstić information content (AvgIpc) is 2.65. The summed E-state index contributed by atoms with van der Waals surface area (Å²) in [5, 5.41) is 0.861. The zero-order chi connectivity index (χ0) is 18.5. The van der Waals surface area contributed by atoms with Crippen molar-refractivity contribution in [3.05, 3.63) is 41.9 Å². The van der Waals surface area contributed by atoms with Gasteiger partial charge in [-0.05, 0) is 44.2 Å². The van der Waals surface area contributed by atoms with Crippen LogP contribution in [0.4, 0.5) is 5.69 Å². The third-order valence-electron chi connectivity index (χ3n) is 4.36. The number of rotatable bonds is 5. The molecule has 1 aromatic heterocycles. The molecule has 3 rings (SSSR count). The minimum absolute atomic E-state index is 0.165. The predicted molar refractivity (Wildman–Crippen MR) is 104 cm³/mol. The van der Waals surface area contributed by atoms with Gasteiger partial charge >= 0.3 is 0 Å². The van der Waals surface area contributed by atoms with Crippen molar-refractivity contribution in [1.82, 2.24) is 14.9 Å². The topological polar surface area (TPSA) is 58.6 Å². The van der Waals surface area contributed by atoms with Crippen LogP contribution in [-0.2, 0) is 4.79 Å². The molecule has 138 valence electrons. The molecule has 1 amide bonds. The molecule has 7 heteroatoms. The molecular weight excluding hydrogens is 348 g/mol. The van der Waals surface area contributed by atoms with Crippen molar-refractivity contribution < 1.29 is 9.53 Å². The normalized spacial score (nSPS) is 14.4. The summed E-state index contributed by atoms with van der Waals surface area (Å²) in [6.07, 6.45) is 0. The monoisotopic (exact) mass is 372 g/mol. The van der Waals surface area contributed by atoms with Crippen LogP contribution in [0, 0.1) is 13.8 Å². The molecule has 0 radical (unpaired) electrons. The number of aryl methyl sites for hydroxylation is 2. The van der Waals surface area contributed by atoms with Crippen molar-refractivity contribution >= 4 is 23.4 Å². The molecule has 26 heavy (non-hydrogen) atoms. The Bertz CT molecular complexity index is 738. The van der Waals surface area contributed by atoms with Crippen LogP contribution >= 0.6 is 11.8 Å². The van der Waals surface area contributed by atoms with Gasteiger partial charge in [0.2, 0.25) is 5.91 Å². The van der Waals surface area contributed by atoms with E-state index in [0.717, 1.165) is 48.5 Å². The highest BCUT2D eigenvalue weighted by molar-refractivity contribution is 7.99. The molecule has 0 saturated carbocycles. The molecule has 1 saturated heterocycles. The number of hydrogen-bond donors (Lipinski definition) is 0. The smallest absolute Gasteiger partial charge is 0.233 e. The minimum Gasteiger partial charge on any atom is -0.497 e. The Hall–Kier alpha value is -2.28. The first-order valence-corrected chi connectivity index (χ1v) is 9.65. The van der Waals surface area contributed by atoms with Crippen LogP contribution in [0.15, 0.2) is 35.4 Å². The Morgan fingerprint density at radius 3 is 2.42 bits per heavy atom. The van der Waals surface area contributed by atoms with E-state index in [-0.39, 0.29) is 5.91 Å². The predicted octanol–water partition coefficient (Wildman–Crippen LogP) is 2.54. The molecule has 2 heterocycles. The summed E-state index contributed by atoms with van der Waals surface area (Å²) >= 11 is 1.48. The summed E-state index contributed by atoms with van der Waals surface area (Å²) in [6, 6.07) is 9.98. The number of anilines is 1. The van der Waals surface area contributed by atoms with E-state index in [1.54, 1.807) is 7.11 Å². The highest BCUT2D eigenvalue weighted by Crippen LogP contribution is 2.21.